The van der Waals surface area contributed by atoms with E-state index in [1.165, 1.54) is 18.2 Å². The summed E-state index contributed by atoms with van der Waals surface area (Å²) in [6, 6.07) is 4.16. The molecule has 0 unspecified atom stereocenters. The molecule has 0 radical (unpaired) electrons. The summed E-state index contributed by atoms with van der Waals surface area (Å²) in [6.45, 7) is 3.46. The predicted octanol–water partition coefficient (Wildman–Crippen LogP) is 2.53. The summed E-state index contributed by atoms with van der Waals surface area (Å²) in [5.41, 5.74) is 0.586. The van der Waals surface area contributed by atoms with Gasteiger partial charge in [-0.25, -0.2) is 4.39 Å². The van der Waals surface area contributed by atoms with Crippen molar-refractivity contribution in [3.05, 3.63) is 28.5 Å². The summed E-state index contributed by atoms with van der Waals surface area (Å²) in [7, 11) is 0. The Hall–Kier alpha value is -0.940. The Balaban J connectivity index is 2.49. The molecule has 0 aliphatic heterocycles. The molecule has 1 rings (SSSR count). The van der Waals surface area contributed by atoms with E-state index in [0.29, 0.717) is 23.1 Å². The van der Waals surface area contributed by atoms with Crippen molar-refractivity contribution < 1.29 is 9.18 Å². The number of amides is 1. The minimum Gasteiger partial charge on any atom is -0.325 e. The average molecular weight is 289 g/mol. The molecule has 1 amide bonds. The third-order valence-corrected chi connectivity index (χ3v) is 2.64. The van der Waals surface area contributed by atoms with Gasteiger partial charge in [-0.05, 0) is 40.7 Å². The van der Waals surface area contributed by atoms with Gasteiger partial charge in [0.25, 0.3) is 0 Å². The lowest BCUT2D eigenvalue weighted by Crippen LogP contribution is -2.21. The maximum atomic E-state index is 12.8. The van der Waals surface area contributed by atoms with E-state index in [-0.39, 0.29) is 11.7 Å². The van der Waals surface area contributed by atoms with Crippen molar-refractivity contribution in [1.82, 2.24) is 5.32 Å². The van der Waals surface area contributed by atoms with Gasteiger partial charge in [0, 0.05) is 17.4 Å². The lowest BCUT2D eigenvalue weighted by atomic mass is 10.3. The molecule has 0 aliphatic rings. The SMILES string of the molecule is CCNCCC(=O)Nc1ccc(F)cc1Br. The molecule has 1 aromatic carbocycles. The van der Waals surface area contributed by atoms with E-state index in [2.05, 4.69) is 26.6 Å². The van der Waals surface area contributed by atoms with Crippen LogP contribution in [0.3, 0.4) is 0 Å². The normalized spacial score (nSPS) is 10.2. The minimum absolute atomic E-state index is 0.0896. The molecule has 2 N–H and O–H groups in total. The van der Waals surface area contributed by atoms with E-state index in [0.717, 1.165) is 6.54 Å². The molecule has 0 atom stereocenters. The van der Waals surface area contributed by atoms with Crippen molar-refractivity contribution in [1.29, 1.82) is 0 Å². The second-order valence-corrected chi connectivity index (χ2v) is 4.13. The highest BCUT2D eigenvalue weighted by molar-refractivity contribution is 9.10. The van der Waals surface area contributed by atoms with Crippen LogP contribution in [0.5, 0.6) is 0 Å². The zero-order chi connectivity index (χ0) is 12.0. The van der Waals surface area contributed by atoms with Crippen molar-refractivity contribution in [2.45, 2.75) is 13.3 Å². The highest BCUT2D eigenvalue weighted by atomic mass is 79.9. The van der Waals surface area contributed by atoms with E-state index in [1.54, 1.807) is 0 Å². The molecule has 0 aromatic heterocycles. The van der Waals surface area contributed by atoms with Gasteiger partial charge in [-0.15, -0.1) is 0 Å². The van der Waals surface area contributed by atoms with Crippen LogP contribution in [0.1, 0.15) is 13.3 Å². The Morgan fingerprint density at radius 3 is 2.88 bits per heavy atom. The second-order valence-electron chi connectivity index (χ2n) is 3.28. The van der Waals surface area contributed by atoms with E-state index in [4.69, 9.17) is 0 Å². The zero-order valence-corrected chi connectivity index (χ0v) is 10.6. The number of halogens is 2. The maximum absolute atomic E-state index is 12.8. The molecular weight excluding hydrogens is 275 g/mol. The molecule has 0 saturated heterocycles. The first-order valence-electron chi connectivity index (χ1n) is 5.09. The topological polar surface area (TPSA) is 41.1 Å². The van der Waals surface area contributed by atoms with Crippen LogP contribution in [0, 0.1) is 5.82 Å². The number of carbonyl (C=O) groups is 1. The molecule has 0 saturated carbocycles. The third-order valence-electron chi connectivity index (χ3n) is 1.98. The van der Waals surface area contributed by atoms with Crippen molar-refractivity contribution in [2.75, 3.05) is 18.4 Å². The van der Waals surface area contributed by atoms with Crippen LogP contribution < -0.4 is 10.6 Å². The van der Waals surface area contributed by atoms with Crippen LogP contribution in [0.25, 0.3) is 0 Å². The van der Waals surface area contributed by atoms with Gasteiger partial charge in [-0.3, -0.25) is 4.79 Å². The first kappa shape index (κ1) is 13.1. The number of benzene rings is 1. The van der Waals surface area contributed by atoms with Crippen LogP contribution in [0.4, 0.5) is 10.1 Å². The molecule has 0 bridgehead atoms. The van der Waals surface area contributed by atoms with Gasteiger partial charge in [-0.2, -0.15) is 0 Å². The van der Waals surface area contributed by atoms with E-state index >= 15 is 0 Å². The summed E-state index contributed by atoms with van der Waals surface area (Å²) < 4.78 is 13.3. The van der Waals surface area contributed by atoms with Gasteiger partial charge >= 0.3 is 0 Å². The second kappa shape index (κ2) is 6.60. The molecule has 1 aromatic rings. The number of anilines is 1. The summed E-state index contributed by atoms with van der Waals surface area (Å²) in [5, 5.41) is 5.76. The highest BCUT2D eigenvalue weighted by Crippen LogP contribution is 2.22. The van der Waals surface area contributed by atoms with Crippen molar-refractivity contribution >= 4 is 27.5 Å². The minimum atomic E-state index is -0.336. The smallest absolute Gasteiger partial charge is 0.225 e. The van der Waals surface area contributed by atoms with Crippen molar-refractivity contribution in [3.63, 3.8) is 0 Å². The Labute approximate surface area is 103 Å². The van der Waals surface area contributed by atoms with E-state index < -0.39 is 0 Å². The molecule has 0 heterocycles. The zero-order valence-electron chi connectivity index (χ0n) is 9.02. The fraction of sp³-hybridized carbons (Fsp3) is 0.364. The molecule has 0 spiro atoms. The van der Waals surface area contributed by atoms with Crippen molar-refractivity contribution in [2.24, 2.45) is 0 Å². The summed E-state index contributed by atoms with van der Waals surface area (Å²) in [6.07, 6.45) is 0.400. The lowest BCUT2D eigenvalue weighted by molar-refractivity contribution is -0.116. The van der Waals surface area contributed by atoms with Crippen LogP contribution in [-0.2, 0) is 4.79 Å². The van der Waals surface area contributed by atoms with Crippen LogP contribution >= 0.6 is 15.9 Å². The molecule has 0 aliphatic carbocycles. The third kappa shape index (κ3) is 4.28. The molecule has 88 valence electrons. The first-order chi connectivity index (χ1) is 7.63. The first-order valence-corrected chi connectivity index (χ1v) is 5.88. The number of hydrogen-bond acceptors (Lipinski definition) is 2. The standard InChI is InChI=1S/C11H14BrFN2O/c1-2-14-6-5-11(16)15-10-4-3-8(13)7-9(10)12/h3-4,7,14H,2,5-6H2,1H3,(H,15,16). The molecule has 0 fully saturated rings. The molecule has 5 heteroatoms. The predicted molar refractivity (Wildman–Crippen MR) is 65.9 cm³/mol. The fourth-order valence-electron chi connectivity index (χ4n) is 1.18. The number of carbonyl (C=O) groups excluding carboxylic acids is 1. The van der Waals surface area contributed by atoms with Gasteiger partial charge in [0.05, 0.1) is 5.69 Å². The van der Waals surface area contributed by atoms with Gasteiger partial charge in [0.15, 0.2) is 0 Å². The molecule has 16 heavy (non-hydrogen) atoms. The summed E-state index contributed by atoms with van der Waals surface area (Å²) >= 11 is 3.19. The monoisotopic (exact) mass is 288 g/mol. The summed E-state index contributed by atoms with van der Waals surface area (Å²) in [5.74, 6) is -0.425. The largest absolute Gasteiger partial charge is 0.325 e. The summed E-state index contributed by atoms with van der Waals surface area (Å²) in [4.78, 5) is 11.5. The Kier molecular flexibility index (Phi) is 5.42. The Morgan fingerprint density at radius 2 is 2.25 bits per heavy atom. The lowest BCUT2D eigenvalue weighted by Gasteiger charge is -2.07. The number of hydrogen-bond donors (Lipinski definition) is 2. The molecular formula is C11H14BrFN2O. The van der Waals surface area contributed by atoms with Gasteiger partial charge in [0.1, 0.15) is 5.82 Å². The van der Waals surface area contributed by atoms with Gasteiger partial charge in [-0.1, -0.05) is 6.92 Å². The van der Waals surface area contributed by atoms with Gasteiger partial charge in [0.2, 0.25) is 5.91 Å². The Morgan fingerprint density at radius 1 is 1.50 bits per heavy atom. The fourth-order valence-corrected chi connectivity index (χ4v) is 1.63. The van der Waals surface area contributed by atoms with Crippen molar-refractivity contribution in [3.8, 4) is 0 Å². The quantitative estimate of drug-likeness (QED) is 0.818. The highest BCUT2D eigenvalue weighted by Gasteiger charge is 2.05. The molecule has 3 nitrogen and oxygen atoms in total. The van der Waals surface area contributed by atoms with E-state index in [9.17, 15) is 9.18 Å². The maximum Gasteiger partial charge on any atom is 0.225 e. The average Bonchev–Trinajstić information content (AvgIpc) is 2.23. The van der Waals surface area contributed by atoms with Crippen LogP contribution in [0.15, 0.2) is 22.7 Å². The van der Waals surface area contributed by atoms with Gasteiger partial charge < -0.3 is 10.6 Å². The number of nitrogens with one attached hydrogen (secondary N) is 2. The van der Waals surface area contributed by atoms with E-state index in [1.807, 2.05) is 6.92 Å². The van der Waals surface area contributed by atoms with Crippen LogP contribution in [0.2, 0.25) is 0 Å². The Bertz CT molecular complexity index is 371. The number of rotatable bonds is 5. The van der Waals surface area contributed by atoms with Crippen LogP contribution in [-0.4, -0.2) is 19.0 Å².